The molecule has 294 valence electrons. The van der Waals surface area contributed by atoms with Gasteiger partial charge < -0.3 is 8.83 Å². The molecule has 5 nitrogen and oxygen atoms in total. The van der Waals surface area contributed by atoms with Gasteiger partial charge in [0.05, 0.1) is 5.41 Å². The Balaban J connectivity index is 0.965. The van der Waals surface area contributed by atoms with Crippen LogP contribution in [0.4, 0.5) is 0 Å². The molecule has 12 aromatic rings. The second kappa shape index (κ2) is 13.8. The Morgan fingerprint density at radius 2 is 0.857 bits per heavy atom. The fraction of sp³-hybridized carbons (Fsp3) is 0.0172. The largest absolute Gasteiger partial charge is 0.456 e. The molecule has 1 aliphatic carbocycles. The van der Waals surface area contributed by atoms with E-state index in [0.717, 1.165) is 71.7 Å². The van der Waals surface area contributed by atoms with Crippen LogP contribution in [0.3, 0.4) is 0 Å². The van der Waals surface area contributed by atoms with Crippen molar-refractivity contribution in [3.63, 3.8) is 0 Å². The summed E-state index contributed by atoms with van der Waals surface area (Å²) in [5.41, 5.74) is 14.9. The molecule has 0 saturated heterocycles. The molecule has 0 aliphatic heterocycles. The first kappa shape index (κ1) is 35.4. The smallest absolute Gasteiger partial charge is 0.164 e. The number of aromatic nitrogens is 3. The van der Waals surface area contributed by atoms with E-state index in [1.54, 1.807) is 0 Å². The third kappa shape index (κ3) is 5.40. The minimum Gasteiger partial charge on any atom is -0.456 e. The normalized spacial score (nSPS) is 12.9. The second-order valence-corrected chi connectivity index (χ2v) is 16.3. The Labute approximate surface area is 362 Å². The van der Waals surface area contributed by atoms with Crippen LogP contribution in [0, 0.1) is 0 Å². The van der Waals surface area contributed by atoms with Gasteiger partial charge in [0, 0.05) is 43.8 Å². The van der Waals surface area contributed by atoms with Gasteiger partial charge >= 0.3 is 0 Å². The third-order valence-corrected chi connectivity index (χ3v) is 12.8. The first-order valence-electron chi connectivity index (χ1n) is 21.3. The summed E-state index contributed by atoms with van der Waals surface area (Å²) in [6, 6.07) is 74.5. The molecule has 0 bridgehead atoms. The van der Waals surface area contributed by atoms with Crippen LogP contribution in [-0.2, 0) is 5.41 Å². The summed E-state index contributed by atoms with van der Waals surface area (Å²) in [4.78, 5) is 15.6. The van der Waals surface area contributed by atoms with Gasteiger partial charge in [-0.1, -0.05) is 176 Å². The predicted molar refractivity (Wildman–Crippen MR) is 253 cm³/mol. The lowest BCUT2D eigenvalue weighted by Gasteiger charge is -2.34. The number of nitrogens with zero attached hydrogens (tertiary/aromatic N) is 3. The van der Waals surface area contributed by atoms with E-state index in [1.165, 1.54) is 33.4 Å². The van der Waals surface area contributed by atoms with Gasteiger partial charge in [0.15, 0.2) is 17.5 Å². The molecule has 0 atom stereocenters. The Kier molecular flexibility index (Phi) is 7.75. The number of furan rings is 2. The molecule has 3 heterocycles. The summed E-state index contributed by atoms with van der Waals surface area (Å²) >= 11 is 0. The molecule has 3 aromatic heterocycles. The quantitative estimate of drug-likeness (QED) is 0.167. The van der Waals surface area contributed by atoms with Crippen LogP contribution in [0.2, 0.25) is 0 Å². The minimum absolute atomic E-state index is 0.548. The van der Waals surface area contributed by atoms with E-state index in [1.807, 2.05) is 42.5 Å². The van der Waals surface area contributed by atoms with Crippen molar-refractivity contribution < 1.29 is 8.83 Å². The number of rotatable bonds is 6. The van der Waals surface area contributed by atoms with E-state index >= 15 is 0 Å². The third-order valence-electron chi connectivity index (χ3n) is 12.8. The highest BCUT2D eigenvalue weighted by Gasteiger charge is 2.46. The van der Waals surface area contributed by atoms with Crippen LogP contribution in [0.15, 0.2) is 221 Å². The van der Waals surface area contributed by atoms with Crippen molar-refractivity contribution >= 4 is 43.9 Å². The monoisotopic (exact) mass is 805 g/mol. The van der Waals surface area contributed by atoms with Crippen LogP contribution in [0.5, 0.6) is 0 Å². The Bertz CT molecular complexity index is 3700. The molecule has 0 unspecified atom stereocenters. The molecule has 0 spiro atoms. The summed E-state index contributed by atoms with van der Waals surface area (Å²) in [5, 5.41) is 4.26. The van der Waals surface area contributed by atoms with Gasteiger partial charge in [0.2, 0.25) is 0 Å². The van der Waals surface area contributed by atoms with Gasteiger partial charge in [-0.05, 0) is 75.3 Å². The first-order valence-corrected chi connectivity index (χ1v) is 21.3. The van der Waals surface area contributed by atoms with Gasteiger partial charge in [-0.25, -0.2) is 15.0 Å². The Morgan fingerprint density at radius 3 is 1.63 bits per heavy atom. The van der Waals surface area contributed by atoms with Crippen molar-refractivity contribution in [2.75, 3.05) is 0 Å². The zero-order chi connectivity index (χ0) is 41.5. The predicted octanol–water partition coefficient (Wildman–Crippen LogP) is 14.7. The number of hydrogen-bond donors (Lipinski definition) is 0. The highest BCUT2D eigenvalue weighted by Crippen LogP contribution is 2.56. The maximum Gasteiger partial charge on any atom is 0.164 e. The summed E-state index contributed by atoms with van der Waals surface area (Å²) in [6.45, 7) is 0. The lowest BCUT2D eigenvalue weighted by atomic mass is 9.67. The Hall–Kier alpha value is -8.41. The van der Waals surface area contributed by atoms with Crippen LogP contribution in [0.25, 0.3) is 100 Å². The number of hydrogen-bond acceptors (Lipinski definition) is 5. The van der Waals surface area contributed by atoms with E-state index in [0.29, 0.717) is 17.5 Å². The molecular weight excluding hydrogens is 771 g/mol. The summed E-state index contributed by atoms with van der Waals surface area (Å²) in [7, 11) is 0. The molecule has 0 fully saturated rings. The SMILES string of the molecule is c1ccc(-c2nc(-c3ccc4c(c3)C(c3ccccc3)(c3ccccc3)c3ccccc3-4)nc(-c3ccc4c(c3)oc3ccc(-c5cccc6c5oc5ccccc56)cc34)n2)cc1. The summed E-state index contributed by atoms with van der Waals surface area (Å²) in [6.07, 6.45) is 0. The van der Waals surface area contributed by atoms with Crippen LogP contribution in [-0.4, -0.2) is 15.0 Å². The van der Waals surface area contributed by atoms with E-state index in [4.69, 9.17) is 23.8 Å². The van der Waals surface area contributed by atoms with Crippen molar-refractivity contribution in [2.45, 2.75) is 5.41 Å². The number of benzene rings is 9. The van der Waals surface area contributed by atoms with Gasteiger partial charge in [-0.15, -0.1) is 0 Å². The van der Waals surface area contributed by atoms with Crippen molar-refractivity contribution in [3.05, 3.63) is 235 Å². The topological polar surface area (TPSA) is 65.0 Å². The fourth-order valence-electron chi connectivity index (χ4n) is 9.99. The van der Waals surface area contributed by atoms with E-state index in [-0.39, 0.29) is 0 Å². The number of para-hydroxylation sites is 2. The van der Waals surface area contributed by atoms with Crippen molar-refractivity contribution in [3.8, 4) is 56.4 Å². The molecule has 0 saturated carbocycles. The molecule has 0 amide bonds. The van der Waals surface area contributed by atoms with E-state index in [2.05, 4.69) is 170 Å². The molecule has 5 heteroatoms. The fourth-order valence-corrected chi connectivity index (χ4v) is 9.99. The highest BCUT2D eigenvalue weighted by molar-refractivity contribution is 6.12. The van der Waals surface area contributed by atoms with Gasteiger partial charge in [0.1, 0.15) is 22.3 Å². The average molecular weight is 806 g/mol. The van der Waals surface area contributed by atoms with Crippen LogP contribution >= 0.6 is 0 Å². The first-order chi connectivity index (χ1) is 31.2. The van der Waals surface area contributed by atoms with Crippen LogP contribution < -0.4 is 0 Å². The van der Waals surface area contributed by atoms with Crippen molar-refractivity contribution in [1.29, 1.82) is 0 Å². The maximum atomic E-state index is 6.56. The van der Waals surface area contributed by atoms with Crippen molar-refractivity contribution in [2.24, 2.45) is 0 Å². The summed E-state index contributed by atoms with van der Waals surface area (Å²) < 4.78 is 13.0. The molecule has 0 N–H and O–H groups in total. The molecule has 63 heavy (non-hydrogen) atoms. The van der Waals surface area contributed by atoms with Gasteiger partial charge in [-0.3, -0.25) is 0 Å². The van der Waals surface area contributed by atoms with Gasteiger partial charge in [0.25, 0.3) is 0 Å². The standard InChI is InChI=1S/C58H35N3O2/c1-4-15-36(16-5-1)55-59-56(38-27-30-44-43-21-10-12-25-49(43)58(50(44)34-38,40-17-6-2-7-18-40)41-19-8-3-9-20-41)61-57(60-55)39-28-31-46-48-33-37(29-32-52(48)62-53(46)35-39)42-23-14-24-47-45-22-11-13-26-51(45)63-54(42)47/h1-35H. The molecular formula is C58H35N3O2. The second-order valence-electron chi connectivity index (χ2n) is 16.3. The van der Waals surface area contributed by atoms with Gasteiger partial charge in [-0.2, -0.15) is 0 Å². The zero-order valence-corrected chi connectivity index (χ0v) is 33.9. The lowest BCUT2D eigenvalue weighted by Crippen LogP contribution is -2.28. The average Bonchev–Trinajstić information content (AvgIpc) is 4.02. The maximum absolute atomic E-state index is 6.56. The molecule has 9 aromatic carbocycles. The summed E-state index contributed by atoms with van der Waals surface area (Å²) in [5.74, 6) is 1.77. The van der Waals surface area contributed by atoms with E-state index < -0.39 is 5.41 Å². The molecule has 0 radical (unpaired) electrons. The van der Waals surface area contributed by atoms with Crippen LogP contribution in [0.1, 0.15) is 22.3 Å². The molecule has 13 rings (SSSR count). The van der Waals surface area contributed by atoms with Crippen molar-refractivity contribution in [1.82, 2.24) is 15.0 Å². The highest BCUT2D eigenvalue weighted by atomic mass is 16.3. The Morgan fingerprint density at radius 1 is 0.302 bits per heavy atom. The minimum atomic E-state index is -0.548. The molecule has 1 aliphatic rings. The van der Waals surface area contributed by atoms with E-state index in [9.17, 15) is 0 Å². The number of fused-ring (bicyclic) bond motifs is 9. The zero-order valence-electron chi connectivity index (χ0n) is 33.9. The lowest BCUT2D eigenvalue weighted by molar-refractivity contribution is 0.668.